The number of benzene rings is 2. The van der Waals surface area contributed by atoms with Crippen LogP contribution in [0.2, 0.25) is 5.02 Å². The summed E-state index contributed by atoms with van der Waals surface area (Å²) in [6.07, 6.45) is 2.02. The first-order valence-corrected chi connectivity index (χ1v) is 8.33. The average Bonchev–Trinajstić information content (AvgIpc) is 3.00. The normalized spacial score (nSPS) is 17.3. The van der Waals surface area contributed by atoms with E-state index in [4.69, 9.17) is 11.6 Å². The molecule has 0 aliphatic carbocycles. The summed E-state index contributed by atoms with van der Waals surface area (Å²) in [5, 5.41) is 3.53. The largest absolute Gasteiger partial charge is 0.322 e. The van der Waals surface area contributed by atoms with Crippen LogP contribution in [0.1, 0.15) is 35.6 Å². The van der Waals surface area contributed by atoms with Gasteiger partial charge in [-0.2, -0.15) is 0 Å². The molecule has 0 bridgehead atoms. The van der Waals surface area contributed by atoms with E-state index >= 15 is 0 Å². The summed E-state index contributed by atoms with van der Waals surface area (Å²) in [6, 6.07) is 14.0. The van der Waals surface area contributed by atoms with Gasteiger partial charge in [-0.25, -0.2) is 4.79 Å². The predicted molar refractivity (Wildman–Crippen MR) is 95.1 cm³/mol. The quantitative estimate of drug-likeness (QED) is 0.794. The van der Waals surface area contributed by atoms with Crippen LogP contribution in [-0.4, -0.2) is 17.5 Å². The first kappa shape index (κ1) is 15.9. The molecule has 1 heterocycles. The van der Waals surface area contributed by atoms with Gasteiger partial charge in [0.1, 0.15) is 0 Å². The predicted octanol–water partition coefficient (Wildman–Crippen LogP) is 5.33. The van der Waals surface area contributed by atoms with Gasteiger partial charge in [0.05, 0.1) is 16.8 Å². The summed E-state index contributed by atoms with van der Waals surface area (Å²) in [4.78, 5) is 14.6. The first-order valence-electron chi connectivity index (χ1n) is 7.95. The number of urea groups is 1. The number of carbonyl (C=O) groups excluding carboxylic acids is 1. The number of hydrogen-bond acceptors (Lipinski definition) is 1. The highest BCUT2D eigenvalue weighted by molar-refractivity contribution is 6.33. The van der Waals surface area contributed by atoms with Gasteiger partial charge in [-0.3, -0.25) is 0 Å². The fraction of sp³-hybridized carbons (Fsp3) is 0.316. The molecule has 1 aliphatic rings. The number of amides is 2. The second kappa shape index (κ2) is 6.63. The number of nitrogens with zero attached hydrogens (tertiary/aromatic N) is 1. The molecule has 3 nitrogen and oxygen atoms in total. The molecule has 0 aromatic heterocycles. The van der Waals surface area contributed by atoms with Gasteiger partial charge in [-0.1, -0.05) is 41.9 Å². The van der Waals surface area contributed by atoms with Crippen molar-refractivity contribution < 1.29 is 4.79 Å². The molecule has 2 amide bonds. The van der Waals surface area contributed by atoms with Crippen LogP contribution in [0.3, 0.4) is 0 Å². The number of carbonyl (C=O) groups is 1. The van der Waals surface area contributed by atoms with Gasteiger partial charge in [-0.05, 0) is 55.5 Å². The summed E-state index contributed by atoms with van der Waals surface area (Å²) in [5.74, 6) is 0. The fourth-order valence-corrected chi connectivity index (χ4v) is 3.48. The van der Waals surface area contributed by atoms with Gasteiger partial charge < -0.3 is 10.2 Å². The number of likely N-dealkylation sites (tertiary alicyclic amines) is 1. The molecule has 2 aromatic rings. The van der Waals surface area contributed by atoms with Gasteiger partial charge >= 0.3 is 6.03 Å². The number of anilines is 1. The fourth-order valence-electron chi connectivity index (χ4n) is 3.20. The Morgan fingerprint density at radius 3 is 2.74 bits per heavy atom. The smallest absolute Gasteiger partial charge is 0.317 e. The van der Waals surface area contributed by atoms with E-state index in [2.05, 4.69) is 24.4 Å². The Hall–Kier alpha value is -2.00. The van der Waals surface area contributed by atoms with Crippen LogP contribution in [-0.2, 0) is 0 Å². The molecule has 3 rings (SSSR count). The van der Waals surface area contributed by atoms with Crippen molar-refractivity contribution in [2.45, 2.75) is 32.7 Å². The molecule has 23 heavy (non-hydrogen) atoms. The van der Waals surface area contributed by atoms with Gasteiger partial charge in [0, 0.05) is 6.54 Å². The minimum Gasteiger partial charge on any atom is -0.317 e. The highest BCUT2D eigenvalue weighted by atomic mass is 35.5. The summed E-state index contributed by atoms with van der Waals surface area (Å²) in [7, 11) is 0. The van der Waals surface area contributed by atoms with Gasteiger partial charge in [0.25, 0.3) is 0 Å². The Morgan fingerprint density at radius 1 is 1.22 bits per heavy atom. The van der Waals surface area contributed by atoms with E-state index < -0.39 is 0 Å². The maximum Gasteiger partial charge on any atom is 0.322 e. The molecule has 120 valence electrons. The van der Waals surface area contributed by atoms with Crippen LogP contribution in [0.15, 0.2) is 42.5 Å². The Kier molecular flexibility index (Phi) is 4.58. The van der Waals surface area contributed by atoms with E-state index in [0.29, 0.717) is 10.7 Å². The lowest BCUT2D eigenvalue weighted by Gasteiger charge is -2.26. The molecule has 1 N–H and O–H groups in total. The Bertz CT molecular complexity index is 729. The Morgan fingerprint density at radius 2 is 2.00 bits per heavy atom. The molecule has 2 aromatic carbocycles. The molecule has 0 saturated carbocycles. The zero-order chi connectivity index (χ0) is 16.4. The summed E-state index contributed by atoms with van der Waals surface area (Å²) in [6.45, 7) is 4.85. The van der Waals surface area contributed by atoms with E-state index in [1.54, 1.807) is 0 Å². The monoisotopic (exact) mass is 328 g/mol. The number of rotatable bonds is 2. The number of hydrogen-bond donors (Lipinski definition) is 1. The van der Waals surface area contributed by atoms with Crippen molar-refractivity contribution >= 4 is 23.3 Å². The van der Waals surface area contributed by atoms with Crippen molar-refractivity contribution in [1.29, 1.82) is 0 Å². The summed E-state index contributed by atoms with van der Waals surface area (Å²) >= 11 is 6.23. The molecule has 1 saturated heterocycles. The highest BCUT2D eigenvalue weighted by Crippen LogP contribution is 2.34. The van der Waals surface area contributed by atoms with Crippen molar-refractivity contribution in [2.75, 3.05) is 11.9 Å². The van der Waals surface area contributed by atoms with E-state index in [1.807, 2.05) is 42.2 Å². The molecule has 0 unspecified atom stereocenters. The zero-order valence-corrected chi connectivity index (χ0v) is 14.2. The lowest BCUT2D eigenvalue weighted by Crippen LogP contribution is -2.34. The van der Waals surface area contributed by atoms with Crippen molar-refractivity contribution in [3.8, 4) is 0 Å². The van der Waals surface area contributed by atoms with Crippen molar-refractivity contribution in [1.82, 2.24) is 4.90 Å². The SMILES string of the molecule is Cc1ccc(NC(=O)N2CCC[C@@H]2c2ccccc2C)c(Cl)c1. The van der Waals surface area contributed by atoms with E-state index in [-0.39, 0.29) is 12.1 Å². The number of aryl methyl sites for hydroxylation is 2. The topological polar surface area (TPSA) is 32.3 Å². The number of halogens is 1. The van der Waals surface area contributed by atoms with Crippen LogP contribution in [0, 0.1) is 13.8 Å². The molecule has 1 atom stereocenters. The lowest BCUT2D eigenvalue weighted by molar-refractivity contribution is 0.207. The van der Waals surface area contributed by atoms with Crippen LogP contribution < -0.4 is 5.32 Å². The Labute approximate surface area is 142 Å². The van der Waals surface area contributed by atoms with E-state index in [1.165, 1.54) is 11.1 Å². The lowest BCUT2D eigenvalue weighted by atomic mass is 9.99. The second-order valence-corrected chi connectivity index (χ2v) is 6.53. The van der Waals surface area contributed by atoms with Crippen molar-refractivity contribution in [3.63, 3.8) is 0 Å². The average molecular weight is 329 g/mol. The van der Waals surface area contributed by atoms with Crippen LogP contribution in [0.4, 0.5) is 10.5 Å². The van der Waals surface area contributed by atoms with Gasteiger partial charge in [-0.15, -0.1) is 0 Å². The van der Waals surface area contributed by atoms with Crippen molar-refractivity contribution in [3.05, 3.63) is 64.2 Å². The molecule has 1 aliphatic heterocycles. The minimum absolute atomic E-state index is 0.0819. The third-order valence-electron chi connectivity index (χ3n) is 4.43. The van der Waals surface area contributed by atoms with Crippen molar-refractivity contribution in [2.24, 2.45) is 0 Å². The maximum absolute atomic E-state index is 12.7. The van der Waals surface area contributed by atoms with E-state index in [9.17, 15) is 4.79 Å². The molecule has 0 spiro atoms. The zero-order valence-electron chi connectivity index (χ0n) is 13.5. The van der Waals surface area contributed by atoms with Gasteiger partial charge in [0.15, 0.2) is 0 Å². The molecular formula is C19H21ClN2O. The summed E-state index contributed by atoms with van der Waals surface area (Å²) in [5.41, 5.74) is 4.20. The van der Waals surface area contributed by atoms with Crippen LogP contribution in [0.25, 0.3) is 0 Å². The highest BCUT2D eigenvalue weighted by Gasteiger charge is 2.30. The summed E-state index contributed by atoms with van der Waals surface area (Å²) < 4.78 is 0. The molecule has 1 fully saturated rings. The van der Waals surface area contributed by atoms with Gasteiger partial charge in [0.2, 0.25) is 0 Å². The molecule has 4 heteroatoms. The molecular weight excluding hydrogens is 308 g/mol. The van der Waals surface area contributed by atoms with Crippen LogP contribution in [0.5, 0.6) is 0 Å². The third kappa shape index (κ3) is 3.35. The third-order valence-corrected chi connectivity index (χ3v) is 4.74. The van der Waals surface area contributed by atoms with E-state index in [0.717, 1.165) is 24.9 Å². The Balaban J connectivity index is 1.80. The molecule has 0 radical (unpaired) electrons. The second-order valence-electron chi connectivity index (χ2n) is 6.12. The number of nitrogens with one attached hydrogen (secondary N) is 1. The minimum atomic E-state index is -0.0819. The standard InChI is InChI=1S/C19H21ClN2O/c1-13-9-10-17(16(20)12-13)21-19(23)22-11-5-8-18(22)15-7-4-3-6-14(15)2/h3-4,6-7,9-10,12,18H,5,8,11H2,1-2H3,(H,21,23)/t18-/m1/s1. The first-order chi connectivity index (χ1) is 11.1. The maximum atomic E-state index is 12.7. The van der Waals surface area contributed by atoms with Crippen LogP contribution >= 0.6 is 11.6 Å².